The second-order valence-corrected chi connectivity index (χ2v) is 9.42. The van der Waals surface area contributed by atoms with Gasteiger partial charge in [0.1, 0.15) is 5.69 Å². The number of aryl methyl sites for hydroxylation is 4. The molecule has 0 aliphatic rings. The Labute approximate surface area is 211 Å². The fourth-order valence-electron chi connectivity index (χ4n) is 3.95. The molecule has 3 N–H and O–H groups in total. The standard InChI is InChI=1S/C27H25BrN4O3/c1-15-8-10-21(18(4)12-15)29-26(34)27(35)31-32-22-11-9-20(28)13-19(22)14-23(32)25(33)30-24-16(2)6-5-7-17(24)3/h5-14H,1-4H3,(H,29,34)(H,30,33)(H,31,35). The quantitative estimate of drug-likeness (QED) is 0.299. The van der Waals surface area contributed by atoms with Gasteiger partial charge in [-0.15, -0.1) is 0 Å². The largest absolute Gasteiger partial charge is 0.328 e. The van der Waals surface area contributed by atoms with Crippen LogP contribution in [0.15, 0.2) is 65.1 Å². The first-order chi connectivity index (χ1) is 16.6. The summed E-state index contributed by atoms with van der Waals surface area (Å²) in [6, 6.07) is 18.3. The zero-order valence-electron chi connectivity index (χ0n) is 19.8. The van der Waals surface area contributed by atoms with Gasteiger partial charge < -0.3 is 10.6 Å². The molecule has 35 heavy (non-hydrogen) atoms. The predicted octanol–water partition coefficient (Wildman–Crippen LogP) is 5.60. The van der Waals surface area contributed by atoms with Crippen molar-refractivity contribution in [3.8, 4) is 0 Å². The molecule has 0 aliphatic carbocycles. The molecule has 0 radical (unpaired) electrons. The molecule has 0 saturated carbocycles. The first-order valence-corrected chi connectivity index (χ1v) is 11.8. The third-order valence-corrected chi connectivity index (χ3v) is 6.26. The highest BCUT2D eigenvalue weighted by Gasteiger charge is 2.22. The van der Waals surface area contributed by atoms with E-state index < -0.39 is 17.7 Å². The van der Waals surface area contributed by atoms with Crippen LogP contribution in [0.3, 0.4) is 0 Å². The summed E-state index contributed by atoms with van der Waals surface area (Å²) in [7, 11) is 0. The SMILES string of the molecule is Cc1ccc(NC(=O)C(=O)Nn2c(C(=O)Nc3c(C)cccc3C)cc3cc(Br)ccc32)c(C)c1. The van der Waals surface area contributed by atoms with E-state index in [0.717, 1.165) is 32.1 Å². The topological polar surface area (TPSA) is 92.2 Å². The molecule has 3 amide bonds. The number of halogens is 1. The molecule has 1 aromatic heterocycles. The first-order valence-electron chi connectivity index (χ1n) is 11.0. The van der Waals surface area contributed by atoms with Crippen molar-refractivity contribution in [2.75, 3.05) is 16.1 Å². The van der Waals surface area contributed by atoms with Crippen molar-refractivity contribution in [1.29, 1.82) is 0 Å². The summed E-state index contributed by atoms with van der Waals surface area (Å²) in [5, 5.41) is 6.30. The summed E-state index contributed by atoms with van der Waals surface area (Å²) in [6.07, 6.45) is 0. The van der Waals surface area contributed by atoms with Crippen LogP contribution in [0.1, 0.15) is 32.7 Å². The number of amides is 3. The van der Waals surface area contributed by atoms with Gasteiger partial charge in [-0.1, -0.05) is 51.8 Å². The normalized spacial score (nSPS) is 10.8. The number of hydrogen-bond donors (Lipinski definition) is 3. The number of aromatic nitrogens is 1. The van der Waals surface area contributed by atoms with Crippen molar-refractivity contribution >= 4 is 55.9 Å². The van der Waals surface area contributed by atoms with E-state index in [1.165, 1.54) is 4.68 Å². The Kier molecular flexibility index (Phi) is 6.75. The molecule has 1 heterocycles. The third-order valence-electron chi connectivity index (χ3n) is 5.77. The predicted molar refractivity (Wildman–Crippen MR) is 142 cm³/mol. The van der Waals surface area contributed by atoms with Crippen LogP contribution in [0.2, 0.25) is 0 Å². The molecule has 8 heteroatoms. The van der Waals surface area contributed by atoms with E-state index >= 15 is 0 Å². The molecule has 0 aliphatic heterocycles. The Bertz CT molecular complexity index is 1470. The number of anilines is 2. The fraction of sp³-hybridized carbons (Fsp3) is 0.148. The highest BCUT2D eigenvalue weighted by molar-refractivity contribution is 9.10. The number of benzene rings is 3. The minimum atomic E-state index is -0.897. The molecule has 7 nitrogen and oxygen atoms in total. The number of hydrogen-bond acceptors (Lipinski definition) is 3. The minimum Gasteiger partial charge on any atom is -0.320 e. The van der Waals surface area contributed by atoms with Crippen LogP contribution in [-0.4, -0.2) is 22.4 Å². The molecule has 0 unspecified atom stereocenters. The van der Waals surface area contributed by atoms with Crippen LogP contribution < -0.4 is 16.1 Å². The molecule has 0 bridgehead atoms. The number of nitrogens with zero attached hydrogens (tertiary/aromatic N) is 1. The van der Waals surface area contributed by atoms with Gasteiger partial charge in [0.15, 0.2) is 0 Å². The Morgan fingerprint density at radius 3 is 2.17 bits per heavy atom. The van der Waals surface area contributed by atoms with Crippen LogP contribution in [0, 0.1) is 27.7 Å². The Morgan fingerprint density at radius 2 is 1.49 bits per heavy atom. The van der Waals surface area contributed by atoms with E-state index in [2.05, 4.69) is 32.0 Å². The number of fused-ring (bicyclic) bond motifs is 1. The summed E-state index contributed by atoms with van der Waals surface area (Å²) in [5.74, 6) is -2.15. The lowest BCUT2D eigenvalue weighted by atomic mass is 10.1. The highest BCUT2D eigenvalue weighted by Crippen LogP contribution is 2.25. The fourth-order valence-corrected chi connectivity index (χ4v) is 4.33. The highest BCUT2D eigenvalue weighted by atomic mass is 79.9. The smallest absolute Gasteiger partial charge is 0.320 e. The van der Waals surface area contributed by atoms with E-state index in [0.29, 0.717) is 16.9 Å². The monoisotopic (exact) mass is 532 g/mol. The maximum Gasteiger partial charge on any atom is 0.328 e. The maximum atomic E-state index is 13.3. The molecule has 4 rings (SSSR count). The molecule has 0 fully saturated rings. The number of para-hydroxylation sites is 1. The lowest BCUT2D eigenvalue weighted by Gasteiger charge is -2.15. The van der Waals surface area contributed by atoms with Crippen LogP contribution in [-0.2, 0) is 9.59 Å². The summed E-state index contributed by atoms with van der Waals surface area (Å²) < 4.78 is 2.16. The lowest BCUT2D eigenvalue weighted by molar-refractivity contribution is -0.133. The van der Waals surface area contributed by atoms with E-state index in [1.807, 2.05) is 64.1 Å². The number of carbonyl (C=O) groups excluding carboxylic acids is 3. The van der Waals surface area contributed by atoms with Gasteiger partial charge in [0.2, 0.25) is 0 Å². The summed E-state index contributed by atoms with van der Waals surface area (Å²) in [6.45, 7) is 7.63. The van der Waals surface area contributed by atoms with Crippen LogP contribution in [0.4, 0.5) is 11.4 Å². The van der Waals surface area contributed by atoms with Crippen molar-refractivity contribution in [2.45, 2.75) is 27.7 Å². The van der Waals surface area contributed by atoms with Crippen molar-refractivity contribution in [3.05, 3.63) is 93.1 Å². The molecule has 178 valence electrons. The van der Waals surface area contributed by atoms with Gasteiger partial charge in [0, 0.05) is 21.2 Å². The molecule has 0 atom stereocenters. The zero-order valence-corrected chi connectivity index (χ0v) is 21.4. The molecular formula is C27H25BrN4O3. The van der Waals surface area contributed by atoms with Gasteiger partial charge in [-0.25, -0.2) is 4.68 Å². The minimum absolute atomic E-state index is 0.188. The van der Waals surface area contributed by atoms with E-state index in [-0.39, 0.29) is 5.69 Å². The molecule has 0 spiro atoms. The maximum absolute atomic E-state index is 13.3. The Hall–Kier alpha value is -3.91. The number of rotatable bonds is 4. The van der Waals surface area contributed by atoms with Crippen molar-refractivity contribution in [3.63, 3.8) is 0 Å². The molecule has 0 saturated heterocycles. The van der Waals surface area contributed by atoms with E-state index in [9.17, 15) is 14.4 Å². The summed E-state index contributed by atoms with van der Waals surface area (Å²) in [5.41, 5.74) is 8.33. The van der Waals surface area contributed by atoms with Crippen molar-refractivity contribution < 1.29 is 14.4 Å². The van der Waals surface area contributed by atoms with Gasteiger partial charge >= 0.3 is 11.8 Å². The van der Waals surface area contributed by atoms with Crippen molar-refractivity contribution in [1.82, 2.24) is 4.68 Å². The average molecular weight is 533 g/mol. The molecule has 3 aromatic carbocycles. The van der Waals surface area contributed by atoms with Gasteiger partial charge in [-0.3, -0.25) is 19.8 Å². The number of nitrogens with one attached hydrogen (secondary N) is 3. The molecular weight excluding hydrogens is 508 g/mol. The van der Waals surface area contributed by atoms with Gasteiger partial charge in [-0.05, 0) is 74.7 Å². The zero-order chi connectivity index (χ0) is 25.3. The summed E-state index contributed by atoms with van der Waals surface area (Å²) in [4.78, 5) is 38.9. The Morgan fingerprint density at radius 1 is 0.771 bits per heavy atom. The van der Waals surface area contributed by atoms with Gasteiger partial charge in [-0.2, -0.15) is 0 Å². The Balaban J connectivity index is 1.65. The van der Waals surface area contributed by atoms with Crippen LogP contribution in [0.25, 0.3) is 10.9 Å². The second-order valence-electron chi connectivity index (χ2n) is 8.50. The van der Waals surface area contributed by atoms with E-state index in [4.69, 9.17) is 0 Å². The first kappa shape index (κ1) is 24.2. The van der Waals surface area contributed by atoms with Crippen molar-refractivity contribution in [2.24, 2.45) is 0 Å². The molecule has 4 aromatic rings. The van der Waals surface area contributed by atoms with Crippen LogP contribution >= 0.6 is 15.9 Å². The lowest BCUT2D eigenvalue weighted by Crippen LogP contribution is -2.36. The van der Waals surface area contributed by atoms with Crippen LogP contribution in [0.5, 0.6) is 0 Å². The average Bonchev–Trinajstić information content (AvgIpc) is 3.15. The van der Waals surface area contributed by atoms with Gasteiger partial charge in [0.05, 0.1) is 5.52 Å². The summed E-state index contributed by atoms with van der Waals surface area (Å²) >= 11 is 3.44. The third kappa shape index (κ3) is 5.12. The van der Waals surface area contributed by atoms with Gasteiger partial charge in [0.25, 0.3) is 5.91 Å². The second kappa shape index (κ2) is 9.76. The number of carbonyl (C=O) groups is 3. The van der Waals surface area contributed by atoms with E-state index in [1.54, 1.807) is 24.3 Å².